The van der Waals surface area contributed by atoms with E-state index in [1.54, 1.807) is 0 Å². The maximum Gasteiger partial charge on any atom is 0.306 e. The molecule has 0 unspecified atom stereocenters. The number of rotatable bonds is 6. The van der Waals surface area contributed by atoms with E-state index in [0.29, 0.717) is 17.8 Å². The van der Waals surface area contributed by atoms with Crippen LogP contribution < -0.4 is 4.90 Å². The first-order valence-corrected chi connectivity index (χ1v) is 8.13. The van der Waals surface area contributed by atoms with Crippen LogP contribution in [0.2, 0.25) is 0 Å². The molecule has 1 heterocycles. The number of hydrogen-bond acceptors (Lipinski definition) is 6. The summed E-state index contributed by atoms with van der Waals surface area (Å²) in [6.45, 7) is 0.148. The van der Waals surface area contributed by atoms with E-state index in [4.69, 9.17) is 0 Å². The lowest BCUT2D eigenvalue weighted by molar-refractivity contribution is -0.387. The van der Waals surface area contributed by atoms with Crippen molar-refractivity contribution in [1.29, 1.82) is 5.26 Å². The molecule has 0 N–H and O–H groups in total. The summed E-state index contributed by atoms with van der Waals surface area (Å²) in [5, 5.41) is 28.9. The second-order valence-electron chi connectivity index (χ2n) is 6.43. The largest absolute Gasteiger partial charge is 0.310 e. The lowest BCUT2D eigenvalue weighted by Gasteiger charge is -2.16. The Bertz CT molecular complexity index is 881. The van der Waals surface area contributed by atoms with Gasteiger partial charge >= 0.3 is 5.69 Å². The molecule has 0 aliphatic heterocycles. The van der Waals surface area contributed by atoms with Crippen LogP contribution in [0.3, 0.4) is 0 Å². The highest BCUT2D eigenvalue weighted by atomic mass is 19.1. The van der Waals surface area contributed by atoms with Gasteiger partial charge in [-0.2, -0.15) is 9.65 Å². The van der Waals surface area contributed by atoms with Gasteiger partial charge in [-0.25, -0.2) is 0 Å². The van der Waals surface area contributed by atoms with Gasteiger partial charge in [-0.3, -0.25) is 15.0 Å². The van der Waals surface area contributed by atoms with Crippen LogP contribution >= 0.6 is 0 Å². The Balaban J connectivity index is 1.64. The number of nitriles is 1. The van der Waals surface area contributed by atoms with Crippen molar-refractivity contribution in [3.8, 4) is 6.19 Å². The molecule has 8 nitrogen and oxygen atoms in total. The highest BCUT2D eigenvalue weighted by molar-refractivity contribution is 5.56. The van der Waals surface area contributed by atoms with Gasteiger partial charge in [0.1, 0.15) is 5.82 Å². The van der Waals surface area contributed by atoms with E-state index in [0.717, 1.165) is 43.6 Å². The molecule has 0 bridgehead atoms. The molecule has 0 amide bonds. The van der Waals surface area contributed by atoms with Crippen LogP contribution in [-0.2, 0) is 6.54 Å². The van der Waals surface area contributed by atoms with Crippen molar-refractivity contribution in [2.75, 3.05) is 4.90 Å². The molecule has 9 heteroatoms. The Labute approximate surface area is 142 Å². The molecule has 2 aliphatic rings. The third-order valence-corrected chi connectivity index (χ3v) is 4.51. The summed E-state index contributed by atoms with van der Waals surface area (Å²) < 4.78 is 15.6. The number of aromatic nitrogens is 3. The van der Waals surface area contributed by atoms with Gasteiger partial charge in [0.15, 0.2) is 12.0 Å². The van der Waals surface area contributed by atoms with Gasteiger partial charge in [-0.15, -0.1) is 10.2 Å². The second-order valence-corrected chi connectivity index (χ2v) is 6.43. The Kier molecular flexibility index (Phi) is 3.60. The molecule has 0 atom stereocenters. The van der Waals surface area contributed by atoms with E-state index in [9.17, 15) is 19.8 Å². The standard InChI is InChI=1S/C16H15FN6O2/c17-13-6-5-12(7-14(13)23(24)25)21(9-18)8-15-19-20-16(10-1-2-10)22(15)11-3-4-11/h5-7,10-11H,1-4,8H2. The van der Waals surface area contributed by atoms with Gasteiger partial charge in [0.25, 0.3) is 0 Å². The SMILES string of the molecule is N#CN(Cc1nnc(C2CC2)n1C1CC1)c1ccc(F)c([N+](=O)[O-])c1. The molecule has 2 saturated carbocycles. The number of benzene rings is 1. The molecule has 0 radical (unpaired) electrons. The first-order chi connectivity index (χ1) is 12.1. The number of hydrogen-bond donors (Lipinski definition) is 0. The molecule has 0 saturated heterocycles. The van der Waals surface area contributed by atoms with Gasteiger partial charge in [0, 0.05) is 18.0 Å². The monoisotopic (exact) mass is 342 g/mol. The number of nitrogens with zero attached hydrogens (tertiary/aromatic N) is 6. The second kappa shape index (κ2) is 5.81. The maximum atomic E-state index is 13.5. The van der Waals surface area contributed by atoms with Crippen molar-refractivity contribution in [1.82, 2.24) is 14.8 Å². The van der Waals surface area contributed by atoms with Crippen LogP contribution in [0.4, 0.5) is 15.8 Å². The zero-order valence-corrected chi connectivity index (χ0v) is 13.3. The van der Waals surface area contributed by atoms with E-state index in [1.165, 1.54) is 11.0 Å². The fourth-order valence-electron chi connectivity index (χ4n) is 2.93. The predicted molar refractivity (Wildman–Crippen MR) is 85.1 cm³/mol. The van der Waals surface area contributed by atoms with E-state index >= 15 is 0 Å². The van der Waals surface area contributed by atoms with Crippen molar-refractivity contribution in [2.24, 2.45) is 0 Å². The van der Waals surface area contributed by atoms with Crippen LogP contribution in [0.15, 0.2) is 18.2 Å². The normalized spacial score (nSPS) is 16.5. The van der Waals surface area contributed by atoms with Crippen LogP contribution in [0.25, 0.3) is 0 Å². The Morgan fingerprint density at radius 1 is 1.36 bits per heavy atom. The molecule has 4 rings (SSSR count). The number of nitro benzene ring substituents is 1. The summed E-state index contributed by atoms with van der Waals surface area (Å²) in [7, 11) is 0. The number of halogens is 1. The Morgan fingerprint density at radius 3 is 2.72 bits per heavy atom. The van der Waals surface area contributed by atoms with Crippen molar-refractivity contribution in [2.45, 2.75) is 44.2 Å². The summed E-state index contributed by atoms with van der Waals surface area (Å²) >= 11 is 0. The summed E-state index contributed by atoms with van der Waals surface area (Å²) in [4.78, 5) is 11.4. The van der Waals surface area contributed by atoms with Gasteiger partial charge < -0.3 is 4.57 Å². The molecule has 2 aromatic rings. The first-order valence-electron chi connectivity index (χ1n) is 8.13. The van der Waals surface area contributed by atoms with Gasteiger partial charge in [0.2, 0.25) is 5.82 Å². The fraction of sp³-hybridized carbons (Fsp3) is 0.438. The van der Waals surface area contributed by atoms with E-state index in [1.807, 2.05) is 6.19 Å². The third-order valence-electron chi connectivity index (χ3n) is 4.51. The van der Waals surface area contributed by atoms with Gasteiger partial charge in [-0.1, -0.05) is 0 Å². The molecule has 2 aliphatic carbocycles. The molecule has 25 heavy (non-hydrogen) atoms. The van der Waals surface area contributed by atoms with Crippen LogP contribution in [-0.4, -0.2) is 19.7 Å². The van der Waals surface area contributed by atoms with E-state index in [2.05, 4.69) is 14.8 Å². The number of anilines is 1. The average Bonchev–Trinajstić information content (AvgIpc) is 3.52. The highest BCUT2D eigenvalue weighted by Crippen LogP contribution is 2.44. The van der Waals surface area contributed by atoms with Crippen molar-refractivity contribution < 1.29 is 9.31 Å². The molecular formula is C16H15FN6O2. The molecule has 2 fully saturated rings. The minimum atomic E-state index is -0.927. The summed E-state index contributed by atoms with van der Waals surface area (Å²) in [5.41, 5.74) is -0.394. The molecule has 128 valence electrons. The molecule has 0 spiro atoms. The minimum absolute atomic E-state index is 0.148. The summed E-state index contributed by atoms with van der Waals surface area (Å²) in [6, 6.07) is 3.80. The topological polar surface area (TPSA) is 101 Å². The lowest BCUT2D eigenvalue weighted by Crippen LogP contribution is -2.20. The van der Waals surface area contributed by atoms with Crippen LogP contribution in [0.1, 0.15) is 49.3 Å². The first kappa shape index (κ1) is 15.5. The lowest BCUT2D eigenvalue weighted by atomic mass is 10.2. The smallest absolute Gasteiger partial charge is 0.306 e. The van der Waals surface area contributed by atoms with E-state index < -0.39 is 16.4 Å². The molecule has 1 aromatic heterocycles. The van der Waals surface area contributed by atoms with Crippen molar-refractivity contribution in [3.63, 3.8) is 0 Å². The average molecular weight is 342 g/mol. The minimum Gasteiger partial charge on any atom is -0.310 e. The van der Waals surface area contributed by atoms with Crippen LogP contribution in [0.5, 0.6) is 0 Å². The number of nitro groups is 1. The quantitative estimate of drug-likeness (QED) is 0.346. The zero-order chi connectivity index (χ0) is 17.6. The van der Waals surface area contributed by atoms with Crippen LogP contribution in [0, 0.1) is 27.4 Å². The summed E-state index contributed by atoms with van der Waals surface area (Å²) in [5.74, 6) is 1.16. The maximum absolute atomic E-state index is 13.5. The van der Waals surface area contributed by atoms with E-state index in [-0.39, 0.29) is 12.2 Å². The Morgan fingerprint density at radius 2 is 2.12 bits per heavy atom. The molecular weight excluding hydrogens is 327 g/mol. The fourth-order valence-corrected chi connectivity index (χ4v) is 2.93. The van der Waals surface area contributed by atoms with Gasteiger partial charge in [0.05, 0.1) is 17.2 Å². The van der Waals surface area contributed by atoms with Gasteiger partial charge in [-0.05, 0) is 37.8 Å². The zero-order valence-electron chi connectivity index (χ0n) is 13.3. The Hall–Kier alpha value is -3.02. The summed E-state index contributed by atoms with van der Waals surface area (Å²) in [6.07, 6.45) is 6.35. The third kappa shape index (κ3) is 2.91. The van der Waals surface area contributed by atoms with Crippen molar-refractivity contribution >= 4 is 11.4 Å². The predicted octanol–water partition coefficient (Wildman–Crippen LogP) is 3.03. The highest BCUT2D eigenvalue weighted by Gasteiger charge is 2.36. The van der Waals surface area contributed by atoms with Crippen molar-refractivity contribution in [3.05, 3.63) is 45.8 Å². The molecule has 1 aromatic carbocycles.